The van der Waals surface area contributed by atoms with Crippen LogP contribution in [0.3, 0.4) is 0 Å². The third-order valence-electron chi connectivity index (χ3n) is 2.59. The summed E-state index contributed by atoms with van der Waals surface area (Å²) < 4.78 is 41.2. The molecule has 0 fully saturated rings. The van der Waals surface area contributed by atoms with Crippen LogP contribution in [0, 0.1) is 9.39 Å². The number of anilines is 1. The normalized spacial score (nSPS) is 11.3. The highest BCUT2D eigenvalue weighted by Gasteiger charge is 2.20. The Balaban J connectivity index is 2.43. The van der Waals surface area contributed by atoms with Gasteiger partial charge in [0, 0.05) is 3.57 Å². The largest absolute Gasteiger partial charge is 0.392 e. The van der Waals surface area contributed by atoms with Gasteiger partial charge in [-0.15, -0.1) is 0 Å². The minimum Gasteiger partial charge on any atom is -0.392 e. The first-order valence-electron chi connectivity index (χ1n) is 5.60. The van der Waals surface area contributed by atoms with Gasteiger partial charge < -0.3 is 5.11 Å². The van der Waals surface area contributed by atoms with E-state index < -0.39 is 20.7 Å². The lowest BCUT2D eigenvalue weighted by Gasteiger charge is -2.11. The van der Waals surface area contributed by atoms with Crippen molar-refractivity contribution in [1.82, 2.24) is 0 Å². The summed E-state index contributed by atoms with van der Waals surface area (Å²) in [4.78, 5) is -0.483. The molecule has 0 unspecified atom stereocenters. The van der Waals surface area contributed by atoms with Crippen molar-refractivity contribution in [2.24, 2.45) is 0 Å². The lowest BCUT2D eigenvalue weighted by molar-refractivity contribution is 0.281. The lowest BCUT2D eigenvalue weighted by Crippen LogP contribution is -2.15. The summed E-state index contributed by atoms with van der Waals surface area (Å²) in [5.41, 5.74) is 0.705. The average molecular weight is 407 g/mol. The van der Waals surface area contributed by atoms with Gasteiger partial charge in [0.2, 0.25) is 0 Å². The summed E-state index contributed by atoms with van der Waals surface area (Å²) in [5.74, 6) is -0.861. The maximum Gasteiger partial charge on any atom is 0.264 e. The SMILES string of the molecule is O=S(=O)(Nc1ccccc1I)c1cc(CO)ccc1F. The smallest absolute Gasteiger partial charge is 0.264 e. The zero-order valence-corrected chi connectivity index (χ0v) is 13.2. The highest BCUT2D eigenvalue weighted by atomic mass is 127. The van der Waals surface area contributed by atoms with E-state index in [0.717, 1.165) is 12.1 Å². The Kier molecular flexibility index (Phi) is 4.61. The van der Waals surface area contributed by atoms with Gasteiger partial charge in [-0.05, 0) is 52.4 Å². The van der Waals surface area contributed by atoms with Gasteiger partial charge in [-0.3, -0.25) is 4.72 Å². The summed E-state index contributed by atoms with van der Waals surface area (Å²) in [6.45, 7) is -0.355. The molecule has 0 radical (unpaired) electrons. The molecule has 4 nitrogen and oxygen atoms in total. The second-order valence-corrected chi connectivity index (χ2v) is 6.82. The van der Waals surface area contributed by atoms with E-state index in [1.807, 2.05) is 22.6 Å². The van der Waals surface area contributed by atoms with E-state index >= 15 is 0 Å². The molecular formula is C13H11FINO3S. The summed E-state index contributed by atoms with van der Waals surface area (Å²) in [5, 5.41) is 9.01. The quantitative estimate of drug-likeness (QED) is 0.767. The number of rotatable bonds is 4. The van der Waals surface area contributed by atoms with Gasteiger partial charge in [0.15, 0.2) is 0 Å². The van der Waals surface area contributed by atoms with Gasteiger partial charge in [-0.1, -0.05) is 18.2 Å². The van der Waals surface area contributed by atoms with E-state index in [9.17, 15) is 12.8 Å². The maximum absolute atomic E-state index is 13.7. The first kappa shape index (κ1) is 15.2. The number of nitrogens with one attached hydrogen (secondary N) is 1. The molecule has 0 aliphatic carbocycles. The fourth-order valence-electron chi connectivity index (χ4n) is 1.60. The Morgan fingerprint density at radius 1 is 1.20 bits per heavy atom. The summed E-state index contributed by atoms with van der Waals surface area (Å²) in [6, 6.07) is 10.3. The van der Waals surface area contributed by atoms with Crippen molar-refractivity contribution < 1.29 is 17.9 Å². The lowest BCUT2D eigenvalue weighted by atomic mass is 10.2. The highest BCUT2D eigenvalue weighted by Crippen LogP contribution is 2.23. The predicted octanol–water partition coefficient (Wildman–Crippen LogP) is 2.72. The van der Waals surface area contributed by atoms with Crippen LogP contribution in [0.4, 0.5) is 10.1 Å². The van der Waals surface area contributed by atoms with Crippen LogP contribution < -0.4 is 4.72 Å². The van der Waals surface area contributed by atoms with Crippen LogP contribution in [-0.2, 0) is 16.6 Å². The Morgan fingerprint density at radius 2 is 1.90 bits per heavy atom. The number of sulfonamides is 1. The third-order valence-corrected chi connectivity index (χ3v) is 4.91. The molecule has 0 aliphatic rings. The van der Waals surface area contributed by atoms with E-state index in [1.165, 1.54) is 6.07 Å². The predicted molar refractivity (Wildman–Crippen MR) is 82.3 cm³/mol. The van der Waals surface area contributed by atoms with E-state index in [0.29, 0.717) is 14.8 Å². The summed E-state index contributed by atoms with van der Waals surface area (Å²) in [7, 11) is -4.04. The van der Waals surface area contributed by atoms with Crippen molar-refractivity contribution >= 4 is 38.3 Å². The maximum atomic E-state index is 13.7. The zero-order valence-electron chi connectivity index (χ0n) is 10.2. The molecule has 2 aromatic rings. The number of aliphatic hydroxyl groups excluding tert-OH is 1. The molecule has 20 heavy (non-hydrogen) atoms. The molecule has 0 saturated heterocycles. The average Bonchev–Trinajstić information content (AvgIpc) is 2.41. The first-order valence-corrected chi connectivity index (χ1v) is 8.17. The molecule has 7 heteroatoms. The number of aliphatic hydroxyl groups is 1. The number of para-hydroxylation sites is 1. The van der Waals surface area contributed by atoms with Gasteiger partial charge in [-0.25, -0.2) is 12.8 Å². The monoisotopic (exact) mass is 407 g/mol. The topological polar surface area (TPSA) is 66.4 Å². The molecule has 0 amide bonds. The van der Waals surface area contributed by atoms with Crippen molar-refractivity contribution in [2.45, 2.75) is 11.5 Å². The van der Waals surface area contributed by atoms with Gasteiger partial charge >= 0.3 is 0 Å². The third kappa shape index (κ3) is 3.28. The number of benzene rings is 2. The molecule has 0 bridgehead atoms. The first-order chi connectivity index (χ1) is 9.44. The Hall–Kier alpha value is -1.19. The standard InChI is InChI=1S/C13H11FINO3S/c14-10-6-5-9(8-17)7-13(10)20(18,19)16-12-4-2-1-3-11(12)15/h1-7,16-17H,8H2. The van der Waals surface area contributed by atoms with Crippen LogP contribution in [0.25, 0.3) is 0 Å². The van der Waals surface area contributed by atoms with Crippen LogP contribution in [0.5, 0.6) is 0 Å². The molecule has 0 heterocycles. The van der Waals surface area contributed by atoms with Crippen molar-refractivity contribution in [3.63, 3.8) is 0 Å². The summed E-state index contributed by atoms with van der Waals surface area (Å²) >= 11 is 1.98. The molecule has 106 valence electrons. The number of hydrogen-bond acceptors (Lipinski definition) is 3. The van der Waals surface area contributed by atoms with E-state index in [1.54, 1.807) is 24.3 Å². The van der Waals surface area contributed by atoms with E-state index in [-0.39, 0.29) is 6.61 Å². The second-order valence-electron chi connectivity index (χ2n) is 4.01. The van der Waals surface area contributed by atoms with Crippen molar-refractivity contribution in [3.8, 4) is 0 Å². The molecule has 2 rings (SSSR count). The summed E-state index contributed by atoms with van der Waals surface area (Å²) in [6.07, 6.45) is 0. The van der Waals surface area contributed by atoms with Gasteiger partial charge in [-0.2, -0.15) is 0 Å². The molecule has 0 aromatic heterocycles. The minimum atomic E-state index is -4.04. The fraction of sp³-hybridized carbons (Fsp3) is 0.0769. The van der Waals surface area contributed by atoms with Crippen LogP contribution in [0.1, 0.15) is 5.56 Å². The van der Waals surface area contributed by atoms with Crippen molar-refractivity contribution in [1.29, 1.82) is 0 Å². The van der Waals surface area contributed by atoms with Gasteiger partial charge in [0.1, 0.15) is 10.7 Å². The molecule has 2 N–H and O–H groups in total. The van der Waals surface area contributed by atoms with E-state index in [2.05, 4.69) is 4.72 Å². The van der Waals surface area contributed by atoms with Crippen molar-refractivity contribution in [3.05, 3.63) is 57.4 Å². The second kappa shape index (κ2) is 6.06. The van der Waals surface area contributed by atoms with Crippen LogP contribution >= 0.6 is 22.6 Å². The molecule has 0 atom stereocenters. The van der Waals surface area contributed by atoms with Gasteiger partial charge in [0.25, 0.3) is 10.0 Å². The molecular weight excluding hydrogens is 396 g/mol. The van der Waals surface area contributed by atoms with Crippen molar-refractivity contribution in [2.75, 3.05) is 4.72 Å². The highest BCUT2D eigenvalue weighted by molar-refractivity contribution is 14.1. The zero-order chi connectivity index (χ0) is 14.8. The number of halogens is 2. The Bertz CT molecular complexity index is 734. The molecule has 0 saturated carbocycles. The van der Waals surface area contributed by atoms with Crippen LogP contribution in [-0.4, -0.2) is 13.5 Å². The van der Waals surface area contributed by atoms with E-state index in [4.69, 9.17) is 5.11 Å². The van der Waals surface area contributed by atoms with Crippen LogP contribution in [0.15, 0.2) is 47.4 Å². The Labute approximate surface area is 129 Å². The van der Waals surface area contributed by atoms with Crippen LogP contribution in [0.2, 0.25) is 0 Å². The Morgan fingerprint density at radius 3 is 2.55 bits per heavy atom. The molecule has 2 aromatic carbocycles. The minimum absolute atomic E-state index is 0.328. The molecule has 0 spiro atoms. The fourth-order valence-corrected chi connectivity index (χ4v) is 3.51. The molecule has 0 aliphatic heterocycles. The number of hydrogen-bond donors (Lipinski definition) is 2. The van der Waals surface area contributed by atoms with Gasteiger partial charge in [0.05, 0.1) is 12.3 Å².